The number of aromatic nitrogens is 6. The number of rotatable bonds is 4. The molecule has 0 saturated heterocycles. The number of para-hydroxylation sites is 1. The molecule has 0 unspecified atom stereocenters. The number of thiazole rings is 1. The Morgan fingerprint density at radius 2 is 2.04 bits per heavy atom. The van der Waals surface area contributed by atoms with Gasteiger partial charge in [-0.05, 0) is 35.4 Å². The first-order valence-corrected chi connectivity index (χ1v) is 9.43. The topological polar surface area (TPSA) is 78.0 Å². The van der Waals surface area contributed by atoms with Crippen LogP contribution in [0.2, 0.25) is 0 Å². The first-order valence-electron chi connectivity index (χ1n) is 7.57. The molecule has 0 aliphatic rings. The van der Waals surface area contributed by atoms with Crippen molar-refractivity contribution in [3.63, 3.8) is 0 Å². The largest absolute Gasteiger partial charge is 0.269 e. The quantitative estimate of drug-likeness (QED) is 0.514. The van der Waals surface area contributed by atoms with Gasteiger partial charge < -0.3 is 0 Å². The van der Waals surface area contributed by atoms with Crippen LogP contribution in [0.15, 0.2) is 45.8 Å². The van der Waals surface area contributed by atoms with E-state index in [1.54, 1.807) is 21.3 Å². The monoisotopic (exact) mass is 370 g/mol. The number of tetrazole rings is 1. The summed E-state index contributed by atoms with van der Waals surface area (Å²) in [5.74, 6) is 0.523. The Balaban J connectivity index is 1.64. The third-order valence-electron chi connectivity index (χ3n) is 3.80. The number of hydrogen-bond donors (Lipinski definition) is 0. The van der Waals surface area contributed by atoms with Gasteiger partial charge in [0.05, 0.1) is 11.4 Å². The zero-order valence-corrected chi connectivity index (χ0v) is 15.2. The molecule has 7 nitrogen and oxygen atoms in total. The van der Waals surface area contributed by atoms with Crippen molar-refractivity contribution in [1.82, 2.24) is 29.6 Å². The molecule has 0 aliphatic heterocycles. The van der Waals surface area contributed by atoms with E-state index in [2.05, 4.69) is 20.5 Å². The van der Waals surface area contributed by atoms with Crippen molar-refractivity contribution in [3.05, 3.63) is 63.0 Å². The molecule has 1 aromatic carbocycles. The van der Waals surface area contributed by atoms with E-state index < -0.39 is 0 Å². The highest BCUT2D eigenvalue weighted by molar-refractivity contribution is 7.98. The van der Waals surface area contributed by atoms with E-state index in [1.807, 2.05) is 37.4 Å². The molecule has 0 aliphatic carbocycles. The molecule has 0 amide bonds. The molecule has 0 fully saturated rings. The van der Waals surface area contributed by atoms with Gasteiger partial charge in [-0.15, -0.1) is 16.4 Å². The maximum atomic E-state index is 12.1. The van der Waals surface area contributed by atoms with Gasteiger partial charge in [-0.25, -0.2) is 4.98 Å². The molecule has 0 saturated carbocycles. The zero-order valence-electron chi connectivity index (χ0n) is 13.6. The number of hydrogen-bond acceptors (Lipinski definition) is 7. The Morgan fingerprint density at radius 3 is 2.84 bits per heavy atom. The van der Waals surface area contributed by atoms with Gasteiger partial charge in [0.15, 0.2) is 4.96 Å². The van der Waals surface area contributed by atoms with Crippen molar-refractivity contribution in [1.29, 1.82) is 0 Å². The molecule has 0 radical (unpaired) electrons. The second kappa shape index (κ2) is 6.41. The Kier molecular flexibility index (Phi) is 4.10. The van der Waals surface area contributed by atoms with Crippen LogP contribution in [-0.4, -0.2) is 29.6 Å². The lowest BCUT2D eigenvalue weighted by Crippen LogP contribution is -2.12. The van der Waals surface area contributed by atoms with Crippen LogP contribution in [0.25, 0.3) is 10.6 Å². The Hall–Kier alpha value is -2.52. The van der Waals surface area contributed by atoms with Crippen LogP contribution in [0.3, 0.4) is 0 Å². The Bertz CT molecular complexity index is 1090. The average Bonchev–Trinajstić information content (AvgIpc) is 3.22. The summed E-state index contributed by atoms with van der Waals surface area (Å²) in [5.41, 5.74) is 3.83. The maximum absolute atomic E-state index is 12.1. The molecule has 0 atom stereocenters. The SMILES string of the molecule is Cc1cccc(C)c1-n1nnnc1SCc1cc(=O)n2ccsc2n1. The van der Waals surface area contributed by atoms with Crippen LogP contribution >= 0.6 is 23.1 Å². The number of thioether (sulfide) groups is 1. The van der Waals surface area contributed by atoms with E-state index in [0.29, 0.717) is 21.6 Å². The highest BCUT2D eigenvalue weighted by atomic mass is 32.2. The minimum atomic E-state index is -0.0730. The molecule has 3 aromatic heterocycles. The summed E-state index contributed by atoms with van der Waals surface area (Å²) in [6, 6.07) is 7.64. The number of fused-ring (bicyclic) bond motifs is 1. The van der Waals surface area contributed by atoms with Crippen LogP contribution in [0.4, 0.5) is 0 Å². The van der Waals surface area contributed by atoms with Crippen LogP contribution in [-0.2, 0) is 5.75 Å². The summed E-state index contributed by atoms with van der Waals surface area (Å²) in [5, 5.41) is 14.6. The summed E-state index contributed by atoms with van der Waals surface area (Å²) < 4.78 is 3.28. The summed E-state index contributed by atoms with van der Waals surface area (Å²) in [4.78, 5) is 17.3. The van der Waals surface area contributed by atoms with Gasteiger partial charge in [-0.1, -0.05) is 30.0 Å². The van der Waals surface area contributed by atoms with E-state index in [4.69, 9.17) is 0 Å². The minimum Gasteiger partial charge on any atom is -0.269 e. The molecular weight excluding hydrogens is 356 g/mol. The fourth-order valence-electron chi connectivity index (χ4n) is 2.65. The number of nitrogens with zero attached hydrogens (tertiary/aromatic N) is 6. The van der Waals surface area contributed by atoms with Crippen molar-refractivity contribution in [2.45, 2.75) is 24.8 Å². The van der Waals surface area contributed by atoms with Gasteiger partial charge in [-0.3, -0.25) is 9.20 Å². The molecule has 4 aromatic rings. The van der Waals surface area contributed by atoms with Gasteiger partial charge in [0.2, 0.25) is 5.16 Å². The third-order valence-corrected chi connectivity index (χ3v) is 5.51. The summed E-state index contributed by atoms with van der Waals surface area (Å²) in [6.07, 6.45) is 1.73. The van der Waals surface area contributed by atoms with Gasteiger partial charge >= 0.3 is 0 Å². The van der Waals surface area contributed by atoms with Crippen molar-refractivity contribution in [2.24, 2.45) is 0 Å². The van der Waals surface area contributed by atoms with Gasteiger partial charge in [0.25, 0.3) is 5.56 Å². The fourth-order valence-corrected chi connectivity index (χ4v) is 4.16. The average molecular weight is 370 g/mol. The molecule has 9 heteroatoms. The highest BCUT2D eigenvalue weighted by Crippen LogP contribution is 2.25. The second-order valence-electron chi connectivity index (χ2n) is 5.54. The van der Waals surface area contributed by atoms with Crippen molar-refractivity contribution < 1.29 is 0 Å². The van der Waals surface area contributed by atoms with E-state index in [-0.39, 0.29) is 5.56 Å². The van der Waals surface area contributed by atoms with E-state index in [0.717, 1.165) is 16.8 Å². The summed E-state index contributed by atoms with van der Waals surface area (Å²) in [6.45, 7) is 4.07. The molecule has 3 heterocycles. The van der Waals surface area contributed by atoms with Crippen LogP contribution < -0.4 is 5.56 Å². The van der Waals surface area contributed by atoms with Gasteiger partial charge in [0, 0.05) is 23.4 Å². The molecule has 126 valence electrons. The van der Waals surface area contributed by atoms with Gasteiger partial charge in [-0.2, -0.15) is 4.68 Å². The molecule has 4 rings (SSSR count). The maximum Gasteiger partial charge on any atom is 0.258 e. The van der Waals surface area contributed by atoms with E-state index in [9.17, 15) is 4.79 Å². The zero-order chi connectivity index (χ0) is 17.4. The van der Waals surface area contributed by atoms with E-state index in [1.165, 1.54) is 23.1 Å². The number of aryl methyl sites for hydroxylation is 2. The Labute approximate surface area is 151 Å². The third kappa shape index (κ3) is 2.96. The molecule has 0 spiro atoms. The van der Waals surface area contributed by atoms with Crippen molar-refractivity contribution >= 4 is 28.1 Å². The number of benzene rings is 1. The predicted molar refractivity (Wildman–Crippen MR) is 97.5 cm³/mol. The highest BCUT2D eigenvalue weighted by Gasteiger charge is 2.14. The standard InChI is InChI=1S/C16H14N6OS2/c1-10-4-3-5-11(2)14(10)22-16(18-19-20-22)25-9-12-8-13(23)21-6-7-24-15(21)17-12/h3-8H,9H2,1-2H3. The molecule has 25 heavy (non-hydrogen) atoms. The minimum absolute atomic E-state index is 0.0730. The van der Waals surface area contributed by atoms with Gasteiger partial charge in [0.1, 0.15) is 0 Å². The summed E-state index contributed by atoms with van der Waals surface area (Å²) in [7, 11) is 0. The van der Waals surface area contributed by atoms with Crippen molar-refractivity contribution in [2.75, 3.05) is 0 Å². The smallest absolute Gasteiger partial charge is 0.258 e. The molecule has 0 bridgehead atoms. The second-order valence-corrected chi connectivity index (χ2v) is 7.36. The van der Waals surface area contributed by atoms with Crippen LogP contribution in [0, 0.1) is 13.8 Å². The fraction of sp³-hybridized carbons (Fsp3) is 0.188. The van der Waals surface area contributed by atoms with Crippen LogP contribution in [0.1, 0.15) is 16.8 Å². The molecular formula is C16H14N6OS2. The Morgan fingerprint density at radius 1 is 1.24 bits per heavy atom. The lowest BCUT2D eigenvalue weighted by molar-refractivity contribution is 0.747. The van der Waals surface area contributed by atoms with Crippen molar-refractivity contribution in [3.8, 4) is 5.69 Å². The molecule has 0 N–H and O–H groups in total. The predicted octanol–water partition coefficient (Wildman–Crippen LogP) is 2.64. The van der Waals surface area contributed by atoms with E-state index >= 15 is 0 Å². The first kappa shape index (κ1) is 16.0. The van der Waals surface area contributed by atoms with Crippen LogP contribution in [0.5, 0.6) is 0 Å². The summed E-state index contributed by atoms with van der Waals surface area (Å²) >= 11 is 2.90. The first-order chi connectivity index (χ1) is 12.1. The lowest BCUT2D eigenvalue weighted by Gasteiger charge is -2.10. The normalized spacial score (nSPS) is 11.3. The lowest BCUT2D eigenvalue weighted by atomic mass is 10.1.